The minimum Gasteiger partial charge on any atom is -0.365 e. The lowest BCUT2D eigenvalue weighted by molar-refractivity contribution is -0.130. The Balaban J connectivity index is 1.28. The third kappa shape index (κ3) is 4.22. The van der Waals surface area contributed by atoms with E-state index in [4.69, 9.17) is 11.6 Å². The summed E-state index contributed by atoms with van der Waals surface area (Å²) in [5.41, 5.74) is 1.96. The van der Waals surface area contributed by atoms with Gasteiger partial charge >= 0.3 is 0 Å². The average Bonchev–Trinajstić information content (AvgIpc) is 2.86. The summed E-state index contributed by atoms with van der Waals surface area (Å²) >= 11 is 6.45. The summed E-state index contributed by atoms with van der Waals surface area (Å²) in [7, 11) is 0. The number of hydrogen-bond acceptors (Lipinski definition) is 4. The van der Waals surface area contributed by atoms with Crippen molar-refractivity contribution in [2.45, 2.75) is 6.42 Å². The van der Waals surface area contributed by atoms with Crippen LogP contribution in [-0.4, -0.2) is 46.8 Å². The van der Waals surface area contributed by atoms with Crippen molar-refractivity contribution >= 4 is 34.0 Å². The predicted molar refractivity (Wildman–Crippen MR) is 131 cm³/mol. The van der Waals surface area contributed by atoms with Crippen molar-refractivity contribution in [2.24, 2.45) is 0 Å². The number of piperazine rings is 1. The zero-order chi connectivity index (χ0) is 22.8. The Morgan fingerprint density at radius 1 is 0.879 bits per heavy atom. The highest BCUT2D eigenvalue weighted by molar-refractivity contribution is 6.33. The zero-order valence-electron chi connectivity index (χ0n) is 18.0. The van der Waals surface area contributed by atoms with E-state index in [1.807, 2.05) is 64.4 Å². The van der Waals surface area contributed by atoms with Gasteiger partial charge in [-0.3, -0.25) is 9.59 Å². The molecule has 0 unspecified atom stereocenters. The van der Waals surface area contributed by atoms with Gasteiger partial charge in [-0.15, -0.1) is 0 Å². The molecule has 0 bridgehead atoms. The van der Waals surface area contributed by atoms with Crippen LogP contribution < -0.4 is 10.5 Å². The smallest absolute Gasteiger partial charge is 0.292 e. The molecule has 1 aromatic heterocycles. The number of carbonyl (C=O) groups excluding carboxylic acids is 1. The fourth-order valence-electron chi connectivity index (χ4n) is 4.32. The Hall–Kier alpha value is -3.64. The van der Waals surface area contributed by atoms with Crippen LogP contribution in [0.25, 0.3) is 16.5 Å². The van der Waals surface area contributed by atoms with Gasteiger partial charge in [0.1, 0.15) is 5.02 Å². The standard InChI is InChI=1S/C26H23ClN4O2/c27-25-23(18-28-31(26(25)33)21-10-2-1-3-11-21)29-13-15-30(16-14-29)24(32)17-20-9-6-8-19-7-4-5-12-22(19)20/h1-12,18H,13-17H2. The summed E-state index contributed by atoms with van der Waals surface area (Å²) in [4.78, 5) is 29.7. The van der Waals surface area contributed by atoms with Crippen LogP contribution >= 0.6 is 11.6 Å². The molecule has 166 valence electrons. The molecule has 0 radical (unpaired) electrons. The van der Waals surface area contributed by atoms with E-state index in [1.54, 1.807) is 6.20 Å². The number of anilines is 1. The van der Waals surface area contributed by atoms with Crippen LogP contribution in [0.15, 0.2) is 83.8 Å². The number of halogens is 1. The van der Waals surface area contributed by atoms with Gasteiger partial charge < -0.3 is 9.80 Å². The molecular formula is C26H23ClN4O2. The molecule has 1 aliphatic rings. The van der Waals surface area contributed by atoms with E-state index >= 15 is 0 Å². The minimum absolute atomic E-state index is 0.106. The first-order valence-corrected chi connectivity index (χ1v) is 11.3. The number of carbonyl (C=O) groups is 1. The Morgan fingerprint density at radius 3 is 2.36 bits per heavy atom. The van der Waals surface area contributed by atoms with Crippen molar-refractivity contribution in [3.63, 3.8) is 0 Å². The number of amides is 1. The maximum Gasteiger partial charge on any atom is 0.292 e. The molecule has 1 saturated heterocycles. The van der Waals surface area contributed by atoms with Crippen LogP contribution in [0.4, 0.5) is 5.69 Å². The van der Waals surface area contributed by atoms with Crippen molar-refractivity contribution in [3.05, 3.63) is 99.9 Å². The molecule has 0 N–H and O–H groups in total. The number of aromatic nitrogens is 2. The number of hydrogen-bond donors (Lipinski definition) is 0. The molecule has 6 nitrogen and oxygen atoms in total. The maximum absolute atomic E-state index is 13.0. The van der Waals surface area contributed by atoms with Gasteiger partial charge in [0.15, 0.2) is 0 Å². The Bertz CT molecular complexity index is 1360. The Labute approximate surface area is 196 Å². The zero-order valence-corrected chi connectivity index (χ0v) is 18.8. The fourth-order valence-corrected chi connectivity index (χ4v) is 4.56. The Morgan fingerprint density at radius 2 is 1.58 bits per heavy atom. The van der Waals surface area contributed by atoms with E-state index in [1.165, 1.54) is 4.68 Å². The predicted octanol–water partition coefficient (Wildman–Crippen LogP) is 3.93. The van der Waals surface area contributed by atoms with Gasteiger partial charge in [0.25, 0.3) is 5.56 Å². The molecule has 0 spiro atoms. The van der Waals surface area contributed by atoms with Crippen LogP contribution in [0.5, 0.6) is 0 Å². The fraction of sp³-hybridized carbons (Fsp3) is 0.192. The molecule has 1 aliphatic heterocycles. The van der Waals surface area contributed by atoms with Crippen LogP contribution in [0.3, 0.4) is 0 Å². The second-order valence-corrected chi connectivity index (χ2v) is 8.46. The van der Waals surface area contributed by atoms with Gasteiger partial charge in [-0.25, -0.2) is 0 Å². The maximum atomic E-state index is 13.0. The van der Waals surface area contributed by atoms with Gasteiger partial charge in [0, 0.05) is 26.2 Å². The van der Waals surface area contributed by atoms with Crippen molar-refractivity contribution in [1.82, 2.24) is 14.7 Å². The van der Waals surface area contributed by atoms with Gasteiger partial charge in [-0.05, 0) is 28.5 Å². The van der Waals surface area contributed by atoms with E-state index in [9.17, 15) is 9.59 Å². The normalized spacial score (nSPS) is 14.0. The molecule has 5 rings (SSSR count). The molecule has 1 fully saturated rings. The molecule has 0 atom stereocenters. The third-order valence-corrected chi connectivity index (χ3v) is 6.45. The number of para-hydroxylation sites is 1. The van der Waals surface area contributed by atoms with Crippen LogP contribution in [0, 0.1) is 0 Å². The van der Waals surface area contributed by atoms with E-state index in [0.717, 1.165) is 16.3 Å². The molecule has 0 saturated carbocycles. The average molecular weight is 459 g/mol. The highest BCUT2D eigenvalue weighted by atomic mass is 35.5. The third-order valence-electron chi connectivity index (χ3n) is 6.10. The van der Waals surface area contributed by atoms with Crippen molar-refractivity contribution < 1.29 is 4.79 Å². The lowest BCUT2D eigenvalue weighted by atomic mass is 10.0. The summed E-state index contributed by atoms with van der Waals surface area (Å²) in [5.74, 6) is 0.106. The molecule has 33 heavy (non-hydrogen) atoms. The summed E-state index contributed by atoms with van der Waals surface area (Å²) < 4.78 is 1.30. The van der Waals surface area contributed by atoms with E-state index in [0.29, 0.717) is 44.0 Å². The summed E-state index contributed by atoms with van der Waals surface area (Å²) in [6.45, 7) is 2.33. The summed E-state index contributed by atoms with van der Waals surface area (Å²) in [5, 5.41) is 6.72. The van der Waals surface area contributed by atoms with E-state index in [2.05, 4.69) is 23.3 Å². The molecular weight excluding hydrogens is 436 g/mol. The van der Waals surface area contributed by atoms with Crippen molar-refractivity contribution in [1.29, 1.82) is 0 Å². The first-order valence-electron chi connectivity index (χ1n) is 10.9. The first kappa shape index (κ1) is 21.2. The monoisotopic (exact) mass is 458 g/mol. The van der Waals surface area contributed by atoms with Crippen LogP contribution in [0.1, 0.15) is 5.56 Å². The van der Waals surface area contributed by atoms with Crippen molar-refractivity contribution in [2.75, 3.05) is 31.1 Å². The van der Waals surface area contributed by atoms with E-state index in [-0.39, 0.29) is 16.5 Å². The summed E-state index contributed by atoms with van der Waals surface area (Å²) in [6, 6.07) is 23.4. The largest absolute Gasteiger partial charge is 0.365 e. The van der Waals surface area contributed by atoms with Gasteiger partial charge in [0.05, 0.1) is 24.0 Å². The lowest BCUT2D eigenvalue weighted by Gasteiger charge is -2.36. The number of nitrogens with zero attached hydrogens (tertiary/aromatic N) is 4. The van der Waals surface area contributed by atoms with Gasteiger partial charge in [-0.2, -0.15) is 9.78 Å². The highest BCUT2D eigenvalue weighted by Gasteiger charge is 2.24. The molecule has 7 heteroatoms. The quantitative estimate of drug-likeness (QED) is 0.465. The van der Waals surface area contributed by atoms with Crippen molar-refractivity contribution in [3.8, 4) is 5.69 Å². The second kappa shape index (κ2) is 9.08. The minimum atomic E-state index is -0.352. The first-order chi connectivity index (χ1) is 16.1. The number of rotatable bonds is 4. The van der Waals surface area contributed by atoms with Crippen LogP contribution in [0.2, 0.25) is 5.02 Å². The van der Waals surface area contributed by atoms with Gasteiger partial charge in [-0.1, -0.05) is 72.3 Å². The second-order valence-electron chi connectivity index (χ2n) is 8.08. The summed E-state index contributed by atoms with van der Waals surface area (Å²) in [6.07, 6.45) is 2.00. The highest BCUT2D eigenvalue weighted by Crippen LogP contribution is 2.24. The Kier molecular flexibility index (Phi) is 5.84. The molecule has 3 aromatic carbocycles. The number of benzene rings is 3. The topological polar surface area (TPSA) is 58.4 Å². The molecule has 2 heterocycles. The van der Waals surface area contributed by atoms with E-state index < -0.39 is 0 Å². The molecule has 4 aromatic rings. The van der Waals surface area contributed by atoms with Gasteiger partial charge in [0.2, 0.25) is 5.91 Å². The number of fused-ring (bicyclic) bond motifs is 1. The SMILES string of the molecule is O=C(Cc1cccc2ccccc12)N1CCN(c2cnn(-c3ccccc3)c(=O)c2Cl)CC1. The van der Waals surface area contributed by atoms with Crippen LogP contribution in [-0.2, 0) is 11.2 Å². The molecule has 1 amide bonds. The lowest BCUT2D eigenvalue weighted by Crippen LogP contribution is -2.49. The molecule has 0 aliphatic carbocycles.